The van der Waals surface area contributed by atoms with Crippen molar-refractivity contribution in [1.82, 2.24) is 5.32 Å². The standard InChI is InChI=1S/C17H27FN2/c1-5-10-19-16-9-11-20(14(4)12(16)2)17-8-6-7-15(18)13(17)3/h6-8,12,14,16,19H,5,9-11H2,1-4H3. The van der Waals surface area contributed by atoms with Gasteiger partial charge in [-0.1, -0.05) is 19.9 Å². The zero-order valence-corrected chi connectivity index (χ0v) is 13.1. The first-order valence-corrected chi connectivity index (χ1v) is 7.81. The second kappa shape index (κ2) is 6.57. The van der Waals surface area contributed by atoms with Gasteiger partial charge in [-0.15, -0.1) is 0 Å². The summed E-state index contributed by atoms with van der Waals surface area (Å²) in [4.78, 5) is 2.37. The van der Waals surface area contributed by atoms with Crippen molar-refractivity contribution in [3.8, 4) is 0 Å². The summed E-state index contributed by atoms with van der Waals surface area (Å²) < 4.78 is 13.8. The van der Waals surface area contributed by atoms with Crippen molar-refractivity contribution in [2.75, 3.05) is 18.0 Å². The number of rotatable bonds is 4. The molecule has 20 heavy (non-hydrogen) atoms. The van der Waals surface area contributed by atoms with Crippen LogP contribution in [-0.2, 0) is 0 Å². The van der Waals surface area contributed by atoms with Crippen molar-refractivity contribution in [3.05, 3.63) is 29.6 Å². The number of halogens is 1. The molecular formula is C17H27FN2. The summed E-state index contributed by atoms with van der Waals surface area (Å²) in [6.45, 7) is 10.7. The Labute approximate surface area is 122 Å². The van der Waals surface area contributed by atoms with E-state index in [1.807, 2.05) is 19.1 Å². The third-order valence-electron chi connectivity index (χ3n) is 4.77. The van der Waals surface area contributed by atoms with Crippen molar-refractivity contribution in [3.63, 3.8) is 0 Å². The fourth-order valence-electron chi connectivity index (χ4n) is 3.23. The molecule has 112 valence electrons. The van der Waals surface area contributed by atoms with Crippen molar-refractivity contribution in [2.24, 2.45) is 5.92 Å². The molecule has 1 aromatic rings. The van der Waals surface area contributed by atoms with Crippen molar-refractivity contribution < 1.29 is 4.39 Å². The van der Waals surface area contributed by atoms with E-state index in [2.05, 4.69) is 31.0 Å². The Morgan fingerprint density at radius 1 is 1.35 bits per heavy atom. The fraction of sp³-hybridized carbons (Fsp3) is 0.647. The lowest BCUT2D eigenvalue weighted by Gasteiger charge is -2.45. The van der Waals surface area contributed by atoms with Gasteiger partial charge in [0.05, 0.1) is 0 Å². The molecule has 1 saturated heterocycles. The number of nitrogens with zero attached hydrogens (tertiary/aromatic N) is 1. The maximum Gasteiger partial charge on any atom is 0.128 e. The van der Waals surface area contributed by atoms with Crippen LogP contribution in [0.4, 0.5) is 10.1 Å². The number of nitrogens with one attached hydrogen (secondary N) is 1. The van der Waals surface area contributed by atoms with Crippen LogP contribution in [0.15, 0.2) is 18.2 Å². The molecule has 2 rings (SSSR count). The highest BCUT2D eigenvalue weighted by Crippen LogP contribution is 2.31. The maximum atomic E-state index is 13.8. The zero-order chi connectivity index (χ0) is 14.7. The monoisotopic (exact) mass is 278 g/mol. The Balaban J connectivity index is 2.14. The fourth-order valence-corrected chi connectivity index (χ4v) is 3.23. The lowest BCUT2D eigenvalue weighted by molar-refractivity contribution is 0.271. The molecule has 0 aliphatic carbocycles. The molecule has 1 aromatic carbocycles. The second-order valence-corrected chi connectivity index (χ2v) is 6.03. The van der Waals surface area contributed by atoms with Gasteiger partial charge >= 0.3 is 0 Å². The first-order chi connectivity index (χ1) is 9.56. The van der Waals surface area contributed by atoms with Crippen LogP contribution in [-0.4, -0.2) is 25.2 Å². The van der Waals surface area contributed by atoms with Crippen LogP contribution in [0.25, 0.3) is 0 Å². The number of benzene rings is 1. The van der Waals surface area contributed by atoms with E-state index in [0.29, 0.717) is 18.0 Å². The molecule has 0 bridgehead atoms. The molecule has 0 amide bonds. The zero-order valence-electron chi connectivity index (χ0n) is 13.1. The van der Waals surface area contributed by atoms with Crippen LogP contribution in [0.5, 0.6) is 0 Å². The van der Waals surface area contributed by atoms with Gasteiger partial charge in [0.25, 0.3) is 0 Å². The second-order valence-electron chi connectivity index (χ2n) is 6.03. The Hall–Kier alpha value is -1.09. The minimum atomic E-state index is -0.103. The molecule has 1 aliphatic rings. The van der Waals surface area contributed by atoms with Crippen LogP contribution in [0, 0.1) is 18.7 Å². The van der Waals surface area contributed by atoms with E-state index in [9.17, 15) is 4.39 Å². The summed E-state index contributed by atoms with van der Waals surface area (Å²) in [7, 11) is 0. The summed E-state index contributed by atoms with van der Waals surface area (Å²) in [5, 5.41) is 3.65. The van der Waals surface area contributed by atoms with E-state index in [-0.39, 0.29) is 5.82 Å². The third kappa shape index (κ3) is 2.98. The molecule has 3 unspecified atom stereocenters. The number of hydrogen-bond donors (Lipinski definition) is 1. The smallest absolute Gasteiger partial charge is 0.128 e. The van der Waals surface area contributed by atoms with E-state index < -0.39 is 0 Å². The molecule has 1 fully saturated rings. The molecule has 3 heteroatoms. The lowest BCUT2D eigenvalue weighted by Crippen LogP contribution is -2.53. The first kappa shape index (κ1) is 15.3. The van der Waals surface area contributed by atoms with E-state index in [4.69, 9.17) is 0 Å². The van der Waals surface area contributed by atoms with Crippen LogP contribution >= 0.6 is 0 Å². The normalized spacial score (nSPS) is 26.9. The molecule has 1 heterocycles. The molecule has 1 N–H and O–H groups in total. The topological polar surface area (TPSA) is 15.3 Å². The molecule has 1 aliphatic heterocycles. The van der Waals surface area contributed by atoms with Crippen LogP contribution < -0.4 is 10.2 Å². The summed E-state index contributed by atoms with van der Waals surface area (Å²) in [6.07, 6.45) is 2.30. The van der Waals surface area contributed by atoms with E-state index in [0.717, 1.165) is 30.8 Å². The minimum absolute atomic E-state index is 0.103. The number of anilines is 1. The summed E-state index contributed by atoms with van der Waals surface area (Å²) in [6, 6.07) is 6.41. The highest BCUT2D eigenvalue weighted by Gasteiger charge is 2.32. The highest BCUT2D eigenvalue weighted by molar-refractivity contribution is 5.54. The molecule has 3 atom stereocenters. The third-order valence-corrected chi connectivity index (χ3v) is 4.77. The van der Waals surface area contributed by atoms with E-state index >= 15 is 0 Å². The van der Waals surface area contributed by atoms with Gasteiger partial charge in [-0.3, -0.25) is 0 Å². The maximum absolute atomic E-state index is 13.8. The van der Waals surface area contributed by atoms with E-state index in [1.165, 1.54) is 6.42 Å². The Bertz CT molecular complexity index is 447. The van der Waals surface area contributed by atoms with Gasteiger partial charge in [-0.2, -0.15) is 0 Å². The van der Waals surface area contributed by atoms with Crippen LogP contribution in [0.3, 0.4) is 0 Å². The van der Waals surface area contributed by atoms with Gasteiger partial charge in [-0.05, 0) is 51.3 Å². The van der Waals surface area contributed by atoms with Gasteiger partial charge in [0.15, 0.2) is 0 Å². The summed E-state index contributed by atoms with van der Waals surface area (Å²) in [5.74, 6) is 0.464. The first-order valence-electron chi connectivity index (χ1n) is 7.81. The van der Waals surface area contributed by atoms with E-state index in [1.54, 1.807) is 6.07 Å². The molecule has 0 spiro atoms. The van der Waals surface area contributed by atoms with Gasteiger partial charge < -0.3 is 10.2 Å². The predicted molar refractivity (Wildman–Crippen MR) is 83.8 cm³/mol. The van der Waals surface area contributed by atoms with Crippen molar-refractivity contribution in [1.29, 1.82) is 0 Å². The molecule has 0 aromatic heterocycles. The molecule has 0 saturated carbocycles. The number of piperidine rings is 1. The number of hydrogen-bond acceptors (Lipinski definition) is 2. The van der Waals surface area contributed by atoms with Crippen molar-refractivity contribution in [2.45, 2.75) is 52.6 Å². The SMILES string of the molecule is CCCNC1CCN(c2cccc(F)c2C)C(C)C1C. The highest BCUT2D eigenvalue weighted by atomic mass is 19.1. The molecule has 2 nitrogen and oxygen atoms in total. The van der Waals surface area contributed by atoms with Crippen molar-refractivity contribution >= 4 is 5.69 Å². The van der Waals surface area contributed by atoms with Crippen LogP contribution in [0.2, 0.25) is 0 Å². The largest absolute Gasteiger partial charge is 0.368 e. The van der Waals surface area contributed by atoms with Gasteiger partial charge in [-0.25, -0.2) is 4.39 Å². The summed E-state index contributed by atoms with van der Waals surface area (Å²) >= 11 is 0. The quantitative estimate of drug-likeness (QED) is 0.902. The van der Waals surface area contributed by atoms with Crippen LogP contribution in [0.1, 0.15) is 39.2 Å². The van der Waals surface area contributed by atoms with Gasteiger partial charge in [0.2, 0.25) is 0 Å². The Kier molecular flexibility index (Phi) is 5.03. The van der Waals surface area contributed by atoms with Gasteiger partial charge in [0, 0.05) is 29.9 Å². The molecular weight excluding hydrogens is 251 g/mol. The lowest BCUT2D eigenvalue weighted by atomic mass is 9.86. The average Bonchev–Trinajstić information content (AvgIpc) is 2.44. The minimum Gasteiger partial charge on any atom is -0.368 e. The predicted octanol–water partition coefficient (Wildman–Crippen LogP) is 3.74. The molecule has 0 radical (unpaired) electrons. The summed E-state index contributed by atoms with van der Waals surface area (Å²) in [5.41, 5.74) is 1.82. The Morgan fingerprint density at radius 3 is 2.80 bits per heavy atom. The van der Waals surface area contributed by atoms with Gasteiger partial charge in [0.1, 0.15) is 5.82 Å². The average molecular weight is 278 g/mol. The Morgan fingerprint density at radius 2 is 2.10 bits per heavy atom.